The fourth-order valence-electron chi connectivity index (χ4n) is 2.21. The van der Waals surface area contributed by atoms with Crippen LogP contribution < -0.4 is 0 Å². The molecule has 0 spiro atoms. The molecule has 1 aliphatic rings. The SMILES string of the molecule is CC(C)N1CCN(CC(=O)c2sccc2Br)CC1. The van der Waals surface area contributed by atoms with Gasteiger partial charge in [0.15, 0.2) is 5.78 Å². The number of halogens is 1. The maximum absolute atomic E-state index is 12.1. The second kappa shape index (κ2) is 6.28. The summed E-state index contributed by atoms with van der Waals surface area (Å²) < 4.78 is 0.929. The summed E-state index contributed by atoms with van der Waals surface area (Å²) in [6.45, 7) is 9.12. The van der Waals surface area contributed by atoms with Gasteiger partial charge in [0, 0.05) is 36.7 Å². The smallest absolute Gasteiger partial charge is 0.187 e. The normalized spacial score (nSPS) is 18.4. The van der Waals surface area contributed by atoms with Crippen molar-refractivity contribution < 1.29 is 4.79 Å². The molecule has 1 aliphatic heterocycles. The first-order chi connectivity index (χ1) is 8.58. The summed E-state index contributed by atoms with van der Waals surface area (Å²) >= 11 is 4.94. The van der Waals surface area contributed by atoms with Gasteiger partial charge in [-0.15, -0.1) is 11.3 Å². The lowest BCUT2D eigenvalue weighted by molar-refractivity contribution is 0.0810. The molecule has 0 N–H and O–H groups in total. The molecule has 0 aromatic carbocycles. The molecule has 1 aromatic rings. The Bertz CT molecular complexity index is 411. The lowest BCUT2D eigenvalue weighted by Crippen LogP contribution is -2.49. The number of rotatable bonds is 4. The molecule has 1 aromatic heterocycles. The molecule has 0 amide bonds. The highest BCUT2D eigenvalue weighted by Gasteiger charge is 2.21. The van der Waals surface area contributed by atoms with Crippen LogP contribution in [0.25, 0.3) is 0 Å². The van der Waals surface area contributed by atoms with Crippen molar-refractivity contribution in [2.24, 2.45) is 0 Å². The Morgan fingerprint density at radius 2 is 2.06 bits per heavy atom. The minimum absolute atomic E-state index is 0.231. The summed E-state index contributed by atoms with van der Waals surface area (Å²) in [5.41, 5.74) is 0. The fourth-order valence-corrected chi connectivity index (χ4v) is 3.73. The highest BCUT2D eigenvalue weighted by molar-refractivity contribution is 9.10. The molecular weight excluding hydrogens is 312 g/mol. The number of hydrogen-bond donors (Lipinski definition) is 0. The lowest BCUT2D eigenvalue weighted by atomic mass is 10.2. The second-order valence-electron chi connectivity index (χ2n) is 4.93. The Balaban J connectivity index is 1.85. The Kier molecular flexibility index (Phi) is 4.95. The van der Waals surface area contributed by atoms with Crippen LogP contribution in [0.15, 0.2) is 15.9 Å². The monoisotopic (exact) mass is 330 g/mol. The van der Waals surface area contributed by atoms with Crippen LogP contribution in [0.2, 0.25) is 0 Å². The van der Waals surface area contributed by atoms with Crippen molar-refractivity contribution in [2.75, 3.05) is 32.7 Å². The van der Waals surface area contributed by atoms with E-state index in [4.69, 9.17) is 0 Å². The Morgan fingerprint density at radius 1 is 1.39 bits per heavy atom. The van der Waals surface area contributed by atoms with Crippen LogP contribution in [0.3, 0.4) is 0 Å². The molecule has 18 heavy (non-hydrogen) atoms. The van der Waals surface area contributed by atoms with Crippen LogP contribution in [0.5, 0.6) is 0 Å². The third kappa shape index (κ3) is 3.41. The van der Waals surface area contributed by atoms with Gasteiger partial charge >= 0.3 is 0 Å². The molecule has 2 heterocycles. The highest BCUT2D eigenvalue weighted by atomic mass is 79.9. The topological polar surface area (TPSA) is 23.6 Å². The zero-order chi connectivity index (χ0) is 13.1. The molecular formula is C13H19BrN2OS. The van der Waals surface area contributed by atoms with Gasteiger partial charge in [0.05, 0.1) is 11.4 Å². The molecule has 100 valence electrons. The van der Waals surface area contributed by atoms with Crippen LogP contribution in [-0.4, -0.2) is 54.3 Å². The van der Waals surface area contributed by atoms with E-state index in [1.165, 1.54) is 11.3 Å². The maximum atomic E-state index is 12.1. The summed E-state index contributed by atoms with van der Waals surface area (Å²) in [6, 6.07) is 2.54. The van der Waals surface area contributed by atoms with Gasteiger partial charge in [-0.3, -0.25) is 14.6 Å². The van der Waals surface area contributed by atoms with Crippen molar-refractivity contribution in [3.63, 3.8) is 0 Å². The Morgan fingerprint density at radius 3 is 2.56 bits per heavy atom. The first kappa shape index (κ1) is 14.2. The minimum Gasteiger partial charge on any atom is -0.298 e. The van der Waals surface area contributed by atoms with E-state index in [1.807, 2.05) is 11.4 Å². The lowest BCUT2D eigenvalue weighted by Gasteiger charge is -2.36. The molecule has 1 saturated heterocycles. The standard InChI is InChI=1S/C13H19BrN2OS/c1-10(2)16-6-4-15(5-7-16)9-12(17)13-11(14)3-8-18-13/h3,8,10H,4-7,9H2,1-2H3. The minimum atomic E-state index is 0.231. The van der Waals surface area contributed by atoms with Gasteiger partial charge in [-0.05, 0) is 41.2 Å². The molecule has 0 unspecified atom stereocenters. The third-order valence-corrected chi connectivity index (χ3v) is 5.25. The van der Waals surface area contributed by atoms with Crippen LogP contribution in [0, 0.1) is 0 Å². The number of ketones is 1. The number of Topliss-reactive ketones (excluding diaryl/α,β-unsaturated/α-hetero) is 1. The van der Waals surface area contributed by atoms with Gasteiger partial charge in [0.25, 0.3) is 0 Å². The predicted molar refractivity (Wildman–Crippen MR) is 79.5 cm³/mol. The van der Waals surface area contributed by atoms with E-state index in [0.717, 1.165) is 35.5 Å². The molecule has 5 heteroatoms. The number of piperazine rings is 1. The third-order valence-electron chi connectivity index (χ3n) is 3.37. The van der Waals surface area contributed by atoms with Crippen molar-refractivity contribution >= 4 is 33.0 Å². The number of carbonyl (C=O) groups is 1. The largest absolute Gasteiger partial charge is 0.298 e. The molecule has 0 bridgehead atoms. The summed E-state index contributed by atoms with van der Waals surface area (Å²) in [4.78, 5) is 17.7. The molecule has 0 aliphatic carbocycles. The summed E-state index contributed by atoms with van der Waals surface area (Å²) in [5.74, 6) is 0.231. The van der Waals surface area contributed by atoms with Crippen molar-refractivity contribution in [2.45, 2.75) is 19.9 Å². The van der Waals surface area contributed by atoms with Gasteiger partial charge in [-0.2, -0.15) is 0 Å². The van der Waals surface area contributed by atoms with Crippen LogP contribution in [0.1, 0.15) is 23.5 Å². The van der Waals surface area contributed by atoms with E-state index in [9.17, 15) is 4.79 Å². The summed E-state index contributed by atoms with van der Waals surface area (Å²) in [6.07, 6.45) is 0. The Hall–Kier alpha value is -0.230. The van der Waals surface area contributed by atoms with Crippen LogP contribution >= 0.6 is 27.3 Å². The average Bonchev–Trinajstić information content (AvgIpc) is 2.76. The van der Waals surface area contributed by atoms with Gasteiger partial charge in [-0.25, -0.2) is 0 Å². The van der Waals surface area contributed by atoms with Crippen molar-refractivity contribution in [3.05, 3.63) is 20.8 Å². The number of carbonyl (C=O) groups excluding carboxylic acids is 1. The van der Waals surface area contributed by atoms with Gasteiger partial charge in [0.1, 0.15) is 0 Å². The van der Waals surface area contributed by atoms with E-state index in [-0.39, 0.29) is 5.78 Å². The first-order valence-electron chi connectivity index (χ1n) is 6.30. The second-order valence-corrected chi connectivity index (χ2v) is 6.70. The zero-order valence-electron chi connectivity index (χ0n) is 10.9. The van der Waals surface area contributed by atoms with E-state index in [2.05, 4.69) is 39.6 Å². The molecule has 1 fully saturated rings. The number of nitrogens with zero attached hydrogens (tertiary/aromatic N) is 2. The quantitative estimate of drug-likeness (QED) is 0.793. The van der Waals surface area contributed by atoms with Crippen molar-refractivity contribution in [3.8, 4) is 0 Å². The molecule has 3 nitrogen and oxygen atoms in total. The van der Waals surface area contributed by atoms with Crippen LogP contribution in [-0.2, 0) is 0 Å². The average molecular weight is 331 g/mol. The van der Waals surface area contributed by atoms with Gasteiger partial charge < -0.3 is 0 Å². The van der Waals surface area contributed by atoms with E-state index in [0.29, 0.717) is 12.6 Å². The fraction of sp³-hybridized carbons (Fsp3) is 0.615. The van der Waals surface area contributed by atoms with E-state index >= 15 is 0 Å². The van der Waals surface area contributed by atoms with Gasteiger partial charge in [0.2, 0.25) is 0 Å². The first-order valence-corrected chi connectivity index (χ1v) is 7.98. The predicted octanol–water partition coefficient (Wildman–Crippen LogP) is 2.72. The van der Waals surface area contributed by atoms with Gasteiger partial charge in [-0.1, -0.05) is 0 Å². The maximum Gasteiger partial charge on any atom is 0.187 e. The van der Waals surface area contributed by atoms with Crippen molar-refractivity contribution in [1.29, 1.82) is 0 Å². The molecule has 0 saturated carbocycles. The summed E-state index contributed by atoms with van der Waals surface area (Å²) in [5, 5.41) is 1.95. The van der Waals surface area contributed by atoms with Crippen LogP contribution in [0.4, 0.5) is 0 Å². The molecule has 0 radical (unpaired) electrons. The summed E-state index contributed by atoms with van der Waals surface area (Å²) in [7, 11) is 0. The highest BCUT2D eigenvalue weighted by Crippen LogP contribution is 2.23. The van der Waals surface area contributed by atoms with E-state index in [1.54, 1.807) is 0 Å². The van der Waals surface area contributed by atoms with Crippen molar-refractivity contribution in [1.82, 2.24) is 9.80 Å². The molecule has 2 rings (SSSR count). The number of hydrogen-bond acceptors (Lipinski definition) is 4. The zero-order valence-corrected chi connectivity index (χ0v) is 13.3. The van der Waals surface area contributed by atoms with E-state index < -0.39 is 0 Å². The Labute approximate surface area is 121 Å². The number of thiophene rings is 1. The molecule has 0 atom stereocenters.